The fourth-order valence-electron chi connectivity index (χ4n) is 1.66. The molecule has 20 heavy (non-hydrogen) atoms. The zero-order valence-electron chi connectivity index (χ0n) is 12.8. The van der Waals surface area contributed by atoms with Gasteiger partial charge in [0.15, 0.2) is 8.32 Å². The van der Waals surface area contributed by atoms with Gasteiger partial charge in [-0.15, -0.1) is 0 Å². The molecule has 0 aromatic carbocycles. The van der Waals surface area contributed by atoms with Gasteiger partial charge in [-0.2, -0.15) is 15.4 Å². The molecule has 2 aromatic heterocycles. The van der Waals surface area contributed by atoms with E-state index in [-0.39, 0.29) is 5.04 Å². The average molecular weight is 313 g/mol. The van der Waals surface area contributed by atoms with E-state index in [9.17, 15) is 0 Å². The summed E-state index contributed by atoms with van der Waals surface area (Å²) in [7, 11) is -1.84. The second-order valence-electron chi connectivity index (χ2n) is 6.54. The molecule has 2 aromatic rings. The molecule has 0 spiro atoms. The molecule has 0 aliphatic rings. The second-order valence-corrected chi connectivity index (χ2v) is 11.7. The Hall–Kier alpha value is -0.983. The van der Waals surface area contributed by atoms with Crippen LogP contribution in [0.5, 0.6) is 0 Å². The van der Waals surface area contributed by atoms with E-state index in [0.29, 0.717) is 11.8 Å². The highest BCUT2D eigenvalue weighted by molar-refractivity contribution is 6.74. The minimum Gasteiger partial charge on any atom is -0.412 e. The number of nitrogens with zero attached hydrogens (tertiary/aromatic N) is 3. The Kier molecular flexibility index (Phi) is 3.92. The molecule has 0 fully saturated rings. The molecule has 0 saturated carbocycles. The molecule has 0 bridgehead atoms. The molecule has 2 rings (SSSR count). The van der Waals surface area contributed by atoms with Crippen LogP contribution >= 0.6 is 11.6 Å². The van der Waals surface area contributed by atoms with Crippen LogP contribution in [0, 0.1) is 6.92 Å². The van der Waals surface area contributed by atoms with E-state index in [1.165, 1.54) is 0 Å². The van der Waals surface area contributed by atoms with E-state index in [1.54, 1.807) is 0 Å². The normalized spacial score (nSPS) is 13.2. The first-order valence-electron chi connectivity index (χ1n) is 6.63. The van der Waals surface area contributed by atoms with Gasteiger partial charge < -0.3 is 4.43 Å². The van der Waals surface area contributed by atoms with E-state index in [4.69, 9.17) is 16.0 Å². The summed E-state index contributed by atoms with van der Waals surface area (Å²) in [5, 5.41) is 11.5. The summed E-state index contributed by atoms with van der Waals surface area (Å²) >= 11 is 6.25. The molecule has 0 amide bonds. The van der Waals surface area contributed by atoms with Gasteiger partial charge in [-0.05, 0) is 25.1 Å². The van der Waals surface area contributed by atoms with Gasteiger partial charge in [0.2, 0.25) is 0 Å². The van der Waals surface area contributed by atoms with Crippen molar-refractivity contribution in [1.29, 1.82) is 0 Å². The van der Waals surface area contributed by atoms with Crippen molar-refractivity contribution in [1.82, 2.24) is 20.4 Å². The highest BCUT2D eigenvalue weighted by Gasteiger charge is 2.37. The van der Waals surface area contributed by atoms with E-state index >= 15 is 0 Å². The van der Waals surface area contributed by atoms with Crippen LogP contribution in [0.1, 0.15) is 32.0 Å². The lowest BCUT2D eigenvalue weighted by molar-refractivity contribution is 0.277. The van der Waals surface area contributed by atoms with E-state index in [1.807, 2.05) is 6.92 Å². The number of aromatic amines is 1. The summed E-state index contributed by atoms with van der Waals surface area (Å²) in [4.78, 5) is 4.32. The van der Waals surface area contributed by atoms with E-state index in [0.717, 1.165) is 22.3 Å². The monoisotopic (exact) mass is 312 g/mol. The highest BCUT2D eigenvalue weighted by Crippen LogP contribution is 2.37. The SMILES string of the molecule is Cc1nc(Cl)c(CO[Si](C)(C)C(C)(C)C)c2n[nH]nc12. The zero-order valence-corrected chi connectivity index (χ0v) is 14.6. The van der Waals surface area contributed by atoms with Gasteiger partial charge in [0.1, 0.15) is 16.2 Å². The maximum absolute atomic E-state index is 6.25. The molecule has 1 N–H and O–H groups in total. The smallest absolute Gasteiger partial charge is 0.192 e. The van der Waals surface area contributed by atoms with Crippen LogP contribution in [0.25, 0.3) is 11.0 Å². The lowest BCUT2D eigenvalue weighted by Crippen LogP contribution is -2.40. The third kappa shape index (κ3) is 2.73. The van der Waals surface area contributed by atoms with Crippen LogP contribution in [-0.4, -0.2) is 28.7 Å². The van der Waals surface area contributed by atoms with Gasteiger partial charge in [-0.25, -0.2) is 4.98 Å². The average Bonchev–Trinajstić information content (AvgIpc) is 2.76. The molecular formula is C13H21ClN4OSi. The number of pyridine rings is 1. The molecule has 0 saturated heterocycles. The predicted octanol–water partition coefficient (Wildman–Crippen LogP) is 3.84. The number of halogens is 1. The number of fused-ring (bicyclic) bond motifs is 1. The lowest BCUT2D eigenvalue weighted by atomic mass is 10.2. The van der Waals surface area contributed by atoms with Crippen molar-refractivity contribution in [2.24, 2.45) is 0 Å². The van der Waals surface area contributed by atoms with Gasteiger partial charge >= 0.3 is 0 Å². The topological polar surface area (TPSA) is 63.7 Å². The third-order valence-electron chi connectivity index (χ3n) is 4.07. The summed E-state index contributed by atoms with van der Waals surface area (Å²) in [6.07, 6.45) is 0. The number of hydrogen-bond donors (Lipinski definition) is 1. The minimum atomic E-state index is -1.84. The maximum Gasteiger partial charge on any atom is 0.192 e. The molecule has 5 nitrogen and oxygen atoms in total. The summed E-state index contributed by atoms with van der Waals surface area (Å²) < 4.78 is 6.21. The molecule has 0 aliphatic heterocycles. The molecule has 0 atom stereocenters. The molecule has 0 aliphatic carbocycles. The summed E-state index contributed by atoms with van der Waals surface area (Å²) in [5.74, 6) is 0. The van der Waals surface area contributed by atoms with Crippen LogP contribution in [0.2, 0.25) is 23.3 Å². The second kappa shape index (κ2) is 5.09. The summed E-state index contributed by atoms with van der Waals surface area (Å²) in [5.41, 5.74) is 3.09. The minimum absolute atomic E-state index is 0.153. The van der Waals surface area contributed by atoms with Crippen molar-refractivity contribution >= 4 is 31.0 Å². The maximum atomic E-state index is 6.25. The number of hydrogen-bond acceptors (Lipinski definition) is 4. The van der Waals surface area contributed by atoms with Crippen LogP contribution in [0.15, 0.2) is 0 Å². The molecule has 110 valence electrons. The Morgan fingerprint density at radius 2 is 1.80 bits per heavy atom. The summed E-state index contributed by atoms with van der Waals surface area (Å²) in [6, 6.07) is 0. The van der Waals surface area contributed by atoms with Gasteiger partial charge in [-0.3, -0.25) is 0 Å². The Balaban J connectivity index is 2.34. The summed E-state index contributed by atoms with van der Waals surface area (Å²) in [6.45, 7) is 13.3. The first-order valence-corrected chi connectivity index (χ1v) is 9.91. The fourth-order valence-corrected chi connectivity index (χ4v) is 2.86. The lowest BCUT2D eigenvalue weighted by Gasteiger charge is -2.36. The molecule has 0 unspecified atom stereocenters. The van der Waals surface area contributed by atoms with Gasteiger partial charge in [0, 0.05) is 5.56 Å². The highest BCUT2D eigenvalue weighted by atomic mass is 35.5. The van der Waals surface area contributed by atoms with Crippen LogP contribution in [0.4, 0.5) is 0 Å². The van der Waals surface area contributed by atoms with Crippen molar-refractivity contribution < 1.29 is 4.43 Å². The van der Waals surface area contributed by atoms with Gasteiger partial charge in [0.05, 0.1) is 12.3 Å². The zero-order chi connectivity index (χ0) is 15.1. The van der Waals surface area contributed by atoms with Crippen molar-refractivity contribution in [2.75, 3.05) is 0 Å². The van der Waals surface area contributed by atoms with Crippen molar-refractivity contribution in [3.05, 3.63) is 16.4 Å². The Morgan fingerprint density at radius 3 is 2.40 bits per heavy atom. The van der Waals surface area contributed by atoms with Crippen molar-refractivity contribution in [3.63, 3.8) is 0 Å². The van der Waals surface area contributed by atoms with Gasteiger partial charge in [-0.1, -0.05) is 32.4 Å². The standard InChI is InChI=1S/C13H21ClN4OSi/c1-8-10-11(17-18-16-10)9(12(14)15-8)7-19-20(5,6)13(2,3)4/h7H2,1-6H3,(H,16,17,18). The predicted molar refractivity (Wildman–Crippen MR) is 83.4 cm³/mol. The largest absolute Gasteiger partial charge is 0.412 e. The number of H-pyrrole nitrogens is 1. The van der Waals surface area contributed by atoms with Crippen molar-refractivity contribution in [3.8, 4) is 0 Å². The van der Waals surface area contributed by atoms with E-state index < -0.39 is 8.32 Å². The van der Waals surface area contributed by atoms with Crippen LogP contribution in [0.3, 0.4) is 0 Å². The van der Waals surface area contributed by atoms with Gasteiger partial charge in [0.25, 0.3) is 0 Å². The Bertz CT molecular complexity index is 633. The number of nitrogens with one attached hydrogen (secondary N) is 1. The quantitative estimate of drug-likeness (QED) is 0.691. The number of aryl methyl sites for hydroxylation is 1. The first kappa shape index (κ1) is 15.4. The fraction of sp³-hybridized carbons (Fsp3) is 0.615. The molecule has 2 heterocycles. The number of rotatable bonds is 3. The third-order valence-corrected chi connectivity index (χ3v) is 8.87. The number of aromatic nitrogens is 4. The molecule has 7 heteroatoms. The van der Waals surface area contributed by atoms with Crippen LogP contribution < -0.4 is 0 Å². The molecular weight excluding hydrogens is 292 g/mol. The van der Waals surface area contributed by atoms with Crippen molar-refractivity contribution in [2.45, 2.75) is 52.4 Å². The Labute approximate surface area is 125 Å². The first-order chi connectivity index (χ1) is 9.13. The molecule has 0 radical (unpaired) electrons. The Morgan fingerprint density at radius 1 is 1.20 bits per heavy atom. The van der Waals surface area contributed by atoms with Crippen LogP contribution in [-0.2, 0) is 11.0 Å². The van der Waals surface area contributed by atoms with E-state index in [2.05, 4.69) is 54.3 Å².